The van der Waals surface area contributed by atoms with Crippen LogP contribution >= 0.6 is 7.82 Å². The summed E-state index contributed by atoms with van der Waals surface area (Å²) >= 11 is 0. The predicted molar refractivity (Wildman–Crippen MR) is 75.4 cm³/mol. The van der Waals surface area contributed by atoms with Gasteiger partial charge in [0, 0.05) is 29.6 Å². The summed E-state index contributed by atoms with van der Waals surface area (Å²) in [7, 11) is -4.37. The van der Waals surface area contributed by atoms with Crippen LogP contribution in [0.4, 0.5) is 0 Å². The molecule has 0 spiro atoms. The van der Waals surface area contributed by atoms with E-state index in [1.165, 1.54) is 0 Å². The molecule has 0 aromatic heterocycles. The zero-order valence-electron chi connectivity index (χ0n) is 12.6. The summed E-state index contributed by atoms with van der Waals surface area (Å²) in [5, 5.41) is 0. The van der Waals surface area contributed by atoms with Crippen LogP contribution in [0, 0.1) is 17.8 Å². The molecule has 4 nitrogen and oxygen atoms in total. The third kappa shape index (κ3) is 13.5. The molecule has 0 aliphatic carbocycles. The smallest absolute Gasteiger partial charge is 0.303 e. The third-order valence-corrected chi connectivity index (χ3v) is 3.13. The van der Waals surface area contributed by atoms with Crippen molar-refractivity contribution in [3.63, 3.8) is 0 Å². The molecule has 0 fully saturated rings. The van der Waals surface area contributed by atoms with Crippen molar-refractivity contribution in [3.8, 4) is 0 Å². The first-order chi connectivity index (χ1) is 7.60. The van der Waals surface area contributed by atoms with E-state index in [2.05, 4.69) is 20.8 Å². The molecule has 105 valence electrons. The summed E-state index contributed by atoms with van der Waals surface area (Å²) in [6.07, 6.45) is 2.11. The second-order valence-corrected chi connectivity index (χ2v) is 7.01. The van der Waals surface area contributed by atoms with Crippen molar-refractivity contribution in [2.45, 2.75) is 60.0 Å². The predicted octanol–water partition coefficient (Wildman–Crippen LogP) is 3.20. The van der Waals surface area contributed by atoms with E-state index < -0.39 is 7.82 Å². The van der Waals surface area contributed by atoms with E-state index in [0.717, 1.165) is 6.42 Å². The number of phosphoric acid groups is 1. The number of phosphoric ester groups is 1. The molecule has 0 rings (SSSR count). The maximum absolute atomic E-state index is 10.9. The van der Waals surface area contributed by atoms with Crippen molar-refractivity contribution in [1.82, 2.24) is 0 Å². The first-order valence-corrected chi connectivity index (χ1v) is 7.87. The fraction of sp³-hybridized carbons (Fsp3) is 1.00. The summed E-state index contributed by atoms with van der Waals surface area (Å²) in [4.78, 5) is 17.8. The molecule has 0 bridgehead atoms. The summed E-state index contributed by atoms with van der Waals surface area (Å²) in [6, 6.07) is 0. The van der Waals surface area contributed by atoms with Gasteiger partial charge in [-0.15, -0.1) is 0 Å². The van der Waals surface area contributed by atoms with E-state index in [-0.39, 0.29) is 35.7 Å². The molecule has 2 N–H and O–H groups in total. The molecule has 0 aromatic rings. The van der Waals surface area contributed by atoms with Gasteiger partial charge in [-0.2, -0.15) is 0 Å². The Morgan fingerprint density at radius 3 is 1.72 bits per heavy atom. The number of hydrogen-bond acceptors (Lipinski definition) is 2. The van der Waals surface area contributed by atoms with Crippen LogP contribution in [0.3, 0.4) is 0 Å². The summed E-state index contributed by atoms with van der Waals surface area (Å²) < 4.78 is 15.8. The van der Waals surface area contributed by atoms with Crippen LogP contribution < -0.4 is 0 Å². The maximum atomic E-state index is 10.9. The van der Waals surface area contributed by atoms with Gasteiger partial charge in [0.2, 0.25) is 0 Å². The monoisotopic (exact) mass is 289 g/mol. The molecule has 0 aliphatic heterocycles. The Labute approximate surface area is 133 Å². The van der Waals surface area contributed by atoms with Crippen LogP contribution in [-0.4, -0.2) is 45.4 Å². The van der Waals surface area contributed by atoms with Crippen LogP contribution in [0.15, 0.2) is 0 Å². The Balaban J connectivity index is 0. The Morgan fingerprint density at radius 2 is 1.39 bits per heavy atom. The van der Waals surface area contributed by atoms with Gasteiger partial charge in [0.25, 0.3) is 0 Å². The molecule has 1 radical (unpaired) electrons. The van der Waals surface area contributed by atoms with Gasteiger partial charge in [-0.1, -0.05) is 34.6 Å². The van der Waals surface area contributed by atoms with E-state index in [1.54, 1.807) is 0 Å². The van der Waals surface area contributed by atoms with Gasteiger partial charge >= 0.3 is 7.82 Å². The average Bonchev–Trinajstić information content (AvgIpc) is 1.95. The molecule has 0 saturated carbocycles. The standard InChI is InChI=1S/C12H27O4P.Na/c1-9(2)6-11(5)8-12(7-10(3)4)16-17(13,14)15;/h9-12H,6-8H2,1-5H3,(H2,13,14,15);. The zero-order chi connectivity index (χ0) is 13.6. The van der Waals surface area contributed by atoms with Gasteiger partial charge in [-0.3, -0.25) is 4.52 Å². The molecule has 0 aromatic carbocycles. The van der Waals surface area contributed by atoms with Gasteiger partial charge < -0.3 is 9.79 Å². The molecule has 2 unspecified atom stereocenters. The fourth-order valence-corrected chi connectivity index (χ4v) is 2.81. The molecule has 0 saturated heterocycles. The number of hydrogen-bond donors (Lipinski definition) is 2. The van der Waals surface area contributed by atoms with Gasteiger partial charge in [-0.25, -0.2) is 4.57 Å². The minimum Gasteiger partial charge on any atom is -0.303 e. The van der Waals surface area contributed by atoms with Gasteiger partial charge in [0.15, 0.2) is 0 Å². The minimum absolute atomic E-state index is 0. The van der Waals surface area contributed by atoms with Crippen molar-refractivity contribution in [2.75, 3.05) is 0 Å². The van der Waals surface area contributed by atoms with Crippen molar-refractivity contribution in [1.29, 1.82) is 0 Å². The van der Waals surface area contributed by atoms with E-state index in [4.69, 9.17) is 14.3 Å². The van der Waals surface area contributed by atoms with Crippen LogP contribution in [-0.2, 0) is 9.09 Å². The summed E-state index contributed by atoms with van der Waals surface area (Å²) in [5.74, 6) is 1.39. The zero-order valence-corrected chi connectivity index (χ0v) is 15.5. The van der Waals surface area contributed by atoms with Crippen LogP contribution in [0.25, 0.3) is 0 Å². The van der Waals surface area contributed by atoms with Crippen molar-refractivity contribution >= 4 is 37.4 Å². The Kier molecular flexibility index (Phi) is 11.8. The maximum Gasteiger partial charge on any atom is 0.469 e. The van der Waals surface area contributed by atoms with Gasteiger partial charge in [0.05, 0.1) is 6.10 Å². The topological polar surface area (TPSA) is 66.8 Å². The Hall–Kier alpha value is 1.11. The largest absolute Gasteiger partial charge is 0.469 e. The quantitative estimate of drug-likeness (QED) is 0.532. The van der Waals surface area contributed by atoms with Gasteiger partial charge in [-0.05, 0) is 37.0 Å². The van der Waals surface area contributed by atoms with Crippen LogP contribution in [0.2, 0.25) is 0 Å². The Bertz CT molecular complexity index is 252. The SMILES string of the molecule is CC(C)CC(C)CC(CC(C)C)OP(=O)(O)O.[Na]. The van der Waals surface area contributed by atoms with Crippen molar-refractivity contribution < 1.29 is 18.9 Å². The van der Waals surface area contributed by atoms with E-state index in [0.29, 0.717) is 30.6 Å². The van der Waals surface area contributed by atoms with E-state index >= 15 is 0 Å². The summed E-state index contributed by atoms with van der Waals surface area (Å²) in [6.45, 7) is 10.5. The molecular weight excluding hydrogens is 262 g/mol. The van der Waals surface area contributed by atoms with Crippen molar-refractivity contribution in [3.05, 3.63) is 0 Å². The minimum atomic E-state index is -4.37. The normalized spacial score (nSPS) is 15.6. The van der Waals surface area contributed by atoms with Gasteiger partial charge in [0.1, 0.15) is 0 Å². The van der Waals surface area contributed by atoms with Crippen LogP contribution in [0.5, 0.6) is 0 Å². The molecule has 0 aliphatic rings. The second kappa shape index (κ2) is 9.93. The third-order valence-electron chi connectivity index (χ3n) is 2.56. The van der Waals surface area contributed by atoms with E-state index in [1.807, 2.05) is 13.8 Å². The molecule has 6 heteroatoms. The van der Waals surface area contributed by atoms with Crippen LogP contribution in [0.1, 0.15) is 53.9 Å². The molecule has 2 atom stereocenters. The first-order valence-electron chi connectivity index (χ1n) is 6.34. The molecular formula is C12H27NaO4P. The molecule has 0 amide bonds. The first kappa shape index (κ1) is 21.4. The summed E-state index contributed by atoms with van der Waals surface area (Å²) in [5.41, 5.74) is 0. The molecule has 18 heavy (non-hydrogen) atoms. The second-order valence-electron chi connectivity index (χ2n) is 5.82. The van der Waals surface area contributed by atoms with E-state index in [9.17, 15) is 4.57 Å². The average molecular weight is 289 g/mol. The number of rotatable bonds is 8. The van der Waals surface area contributed by atoms with Crippen molar-refractivity contribution in [2.24, 2.45) is 17.8 Å². The Morgan fingerprint density at radius 1 is 0.944 bits per heavy atom. The molecule has 0 heterocycles. The fourth-order valence-electron chi connectivity index (χ4n) is 2.25.